The molecular formula is C16H17F3N2O2. The molecule has 23 heavy (non-hydrogen) atoms. The van der Waals surface area contributed by atoms with Crippen molar-refractivity contribution in [1.82, 2.24) is 9.88 Å². The zero-order chi connectivity index (χ0) is 17.2. The van der Waals surface area contributed by atoms with Crippen molar-refractivity contribution in [1.29, 1.82) is 0 Å². The molecule has 1 N–H and O–H groups in total. The number of hydrogen-bond donors (Lipinski definition) is 1. The van der Waals surface area contributed by atoms with Crippen LogP contribution < -0.4 is 10.1 Å². The Bertz CT molecular complexity index is 721. The van der Waals surface area contributed by atoms with Gasteiger partial charge in [0.1, 0.15) is 12.3 Å². The lowest BCUT2D eigenvalue weighted by molar-refractivity contribution is -0.123. The molecule has 1 aromatic carbocycles. The summed E-state index contributed by atoms with van der Waals surface area (Å²) < 4.78 is 43.7. The molecule has 2 rings (SSSR count). The van der Waals surface area contributed by atoms with Crippen LogP contribution in [0.5, 0.6) is 5.75 Å². The molecule has 0 aliphatic heterocycles. The van der Waals surface area contributed by atoms with Gasteiger partial charge in [-0.3, -0.25) is 4.79 Å². The molecule has 1 amide bonds. The number of amides is 1. The smallest absolute Gasteiger partial charge is 0.405 e. The van der Waals surface area contributed by atoms with Gasteiger partial charge in [0.05, 0.1) is 12.7 Å². The molecular weight excluding hydrogens is 309 g/mol. The van der Waals surface area contributed by atoms with E-state index in [9.17, 15) is 18.0 Å². The van der Waals surface area contributed by atoms with Gasteiger partial charge >= 0.3 is 6.18 Å². The van der Waals surface area contributed by atoms with Crippen LogP contribution in [0.3, 0.4) is 0 Å². The fourth-order valence-electron chi connectivity index (χ4n) is 2.42. The van der Waals surface area contributed by atoms with Gasteiger partial charge in [-0.25, -0.2) is 0 Å². The molecule has 7 heteroatoms. The summed E-state index contributed by atoms with van der Waals surface area (Å²) in [6.07, 6.45) is -4.44. The number of aryl methyl sites for hydroxylation is 1. The van der Waals surface area contributed by atoms with Crippen LogP contribution in [0.2, 0.25) is 0 Å². The van der Waals surface area contributed by atoms with E-state index in [-0.39, 0.29) is 5.56 Å². The third-order valence-electron chi connectivity index (χ3n) is 3.44. The first-order valence-electron chi connectivity index (χ1n) is 6.91. The van der Waals surface area contributed by atoms with E-state index in [2.05, 4.69) is 0 Å². The standard InChI is InChI=1S/C16H17F3N2O2/c1-10-7-14(15(22)20-9-16(17,18)19)11(2)21(10)12-5-4-6-13(8-12)23-3/h4-8H,9H2,1-3H3,(H,20,22). The van der Waals surface area contributed by atoms with E-state index in [1.165, 1.54) is 0 Å². The lowest BCUT2D eigenvalue weighted by Gasteiger charge is -2.12. The second-order valence-electron chi connectivity index (χ2n) is 5.12. The number of ether oxygens (including phenoxy) is 1. The predicted octanol–water partition coefficient (Wildman–Crippen LogP) is 3.39. The van der Waals surface area contributed by atoms with Crippen LogP contribution in [-0.2, 0) is 0 Å². The molecule has 0 spiro atoms. The van der Waals surface area contributed by atoms with Gasteiger partial charge < -0.3 is 14.6 Å². The van der Waals surface area contributed by atoms with Gasteiger partial charge in [0, 0.05) is 23.1 Å². The van der Waals surface area contributed by atoms with Gasteiger partial charge in [0.25, 0.3) is 5.91 Å². The van der Waals surface area contributed by atoms with E-state index in [1.807, 2.05) is 11.4 Å². The Balaban J connectivity index is 2.34. The Morgan fingerprint density at radius 2 is 1.96 bits per heavy atom. The lowest BCUT2D eigenvalue weighted by atomic mass is 10.2. The van der Waals surface area contributed by atoms with Crippen molar-refractivity contribution in [3.05, 3.63) is 47.3 Å². The fourth-order valence-corrected chi connectivity index (χ4v) is 2.42. The lowest BCUT2D eigenvalue weighted by Crippen LogP contribution is -2.33. The maximum absolute atomic E-state index is 12.2. The number of carbonyl (C=O) groups is 1. The summed E-state index contributed by atoms with van der Waals surface area (Å²) in [6, 6.07) is 8.78. The zero-order valence-corrected chi connectivity index (χ0v) is 13.0. The first kappa shape index (κ1) is 16.9. The maximum atomic E-state index is 12.2. The normalized spacial score (nSPS) is 11.4. The van der Waals surface area contributed by atoms with Crippen LogP contribution in [0, 0.1) is 13.8 Å². The van der Waals surface area contributed by atoms with E-state index in [4.69, 9.17) is 4.74 Å². The first-order valence-corrected chi connectivity index (χ1v) is 6.91. The molecule has 1 heterocycles. The molecule has 0 radical (unpaired) electrons. The minimum Gasteiger partial charge on any atom is -0.497 e. The quantitative estimate of drug-likeness (QED) is 0.936. The fraction of sp³-hybridized carbons (Fsp3) is 0.312. The van der Waals surface area contributed by atoms with Crippen LogP contribution in [0.1, 0.15) is 21.7 Å². The molecule has 4 nitrogen and oxygen atoms in total. The number of carbonyl (C=O) groups excluding carboxylic acids is 1. The Labute approximate surface area is 131 Å². The number of hydrogen-bond acceptors (Lipinski definition) is 2. The Kier molecular flexibility index (Phi) is 4.68. The van der Waals surface area contributed by atoms with Crippen LogP contribution >= 0.6 is 0 Å². The Hall–Kier alpha value is -2.44. The highest BCUT2D eigenvalue weighted by Crippen LogP contribution is 2.24. The van der Waals surface area contributed by atoms with E-state index >= 15 is 0 Å². The molecule has 0 aliphatic rings. The Morgan fingerprint density at radius 1 is 1.26 bits per heavy atom. The second-order valence-corrected chi connectivity index (χ2v) is 5.12. The highest BCUT2D eigenvalue weighted by Gasteiger charge is 2.28. The number of methoxy groups -OCH3 is 1. The summed E-state index contributed by atoms with van der Waals surface area (Å²) in [6.45, 7) is 2.12. The highest BCUT2D eigenvalue weighted by atomic mass is 19.4. The van der Waals surface area contributed by atoms with E-state index in [0.29, 0.717) is 11.4 Å². The Morgan fingerprint density at radius 3 is 2.57 bits per heavy atom. The predicted molar refractivity (Wildman–Crippen MR) is 80.2 cm³/mol. The third kappa shape index (κ3) is 3.85. The highest BCUT2D eigenvalue weighted by molar-refractivity contribution is 5.96. The molecule has 1 aromatic heterocycles. The number of rotatable bonds is 4. The van der Waals surface area contributed by atoms with E-state index in [0.717, 1.165) is 11.4 Å². The van der Waals surface area contributed by atoms with Crippen molar-refractivity contribution in [2.45, 2.75) is 20.0 Å². The summed E-state index contributed by atoms with van der Waals surface area (Å²) in [7, 11) is 1.55. The zero-order valence-electron chi connectivity index (χ0n) is 13.0. The number of alkyl halides is 3. The van der Waals surface area contributed by atoms with E-state index < -0.39 is 18.6 Å². The topological polar surface area (TPSA) is 43.3 Å². The number of halogens is 3. The molecule has 0 bridgehead atoms. The van der Waals surface area contributed by atoms with Gasteiger partial charge in [-0.2, -0.15) is 13.2 Å². The van der Waals surface area contributed by atoms with Gasteiger partial charge in [0.2, 0.25) is 0 Å². The van der Waals surface area contributed by atoms with Crippen LogP contribution in [-0.4, -0.2) is 30.3 Å². The minimum absolute atomic E-state index is 0.217. The molecule has 0 saturated heterocycles. The molecule has 2 aromatic rings. The SMILES string of the molecule is COc1cccc(-n2c(C)cc(C(=O)NCC(F)(F)F)c2C)c1. The van der Waals surface area contributed by atoms with Gasteiger partial charge in [0.15, 0.2) is 0 Å². The van der Waals surface area contributed by atoms with Crippen molar-refractivity contribution in [3.8, 4) is 11.4 Å². The molecule has 0 fully saturated rings. The van der Waals surface area contributed by atoms with Crippen molar-refractivity contribution in [3.63, 3.8) is 0 Å². The molecule has 0 unspecified atom stereocenters. The molecule has 0 saturated carbocycles. The average molecular weight is 326 g/mol. The summed E-state index contributed by atoms with van der Waals surface area (Å²) >= 11 is 0. The van der Waals surface area contributed by atoms with Gasteiger partial charge in [-0.1, -0.05) is 6.07 Å². The number of nitrogens with zero attached hydrogens (tertiary/aromatic N) is 1. The molecule has 0 atom stereocenters. The van der Waals surface area contributed by atoms with Gasteiger partial charge in [-0.15, -0.1) is 0 Å². The molecule has 124 valence electrons. The van der Waals surface area contributed by atoms with Crippen LogP contribution in [0.25, 0.3) is 5.69 Å². The number of benzene rings is 1. The summed E-state index contributed by atoms with van der Waals surface area (Å²) in [5.41, 5.74) is 2.30. The first-order chi connectivity index (χ1) is 10.7. The van der Waals surface area contributed by atoms with Gasteiger partial charge in [-0.05, 0) is 32.0 Å². The summed E-state index contributed by atoms with van der Waals surface area (Å²) in [5, 5.41) is 1.89. The van der Waals surface area contributed by atoms with Crippen molar-refractivity contribution in [2.75, 3.05) is 13.7 Å². The van der Waals surface area contributed by atoms with Crippen LogP contribution in [0.4, 0.5) is 13.2 Å². The van der Waals surface area contributed by atoms with E-state index in [1.54, 1.807) is 49.8 Å². The van der Waals surface area contributed by atoms with Crippen molar-refractivity contribution in [2.24, 2.45) is 0 Å². The summed E-state index contributed by atoms with van der Waals surface area (Å²) in [5.74, 6) is -0.0948. The number of nitrogens with one attached hydrogen (secondary N) is 1. The average Bonchev–Trinajstić information content (AvgIpc) is 2.79. The minimum atomic E-state index is -4.44. The summed E-state index contributed by atoms with van der Waals surface area (Å²) in [4.78, 5) is 12.0. The number of aromatic nitrogens is 1. The second kappa shape index (κ2) is 6.36. The third-order valence-corrected chi connectivity index (χ3v) is 3.44. The van der Waals surface area contributed by atoms with Crippen molar-refractivity contribution >= 4 is 5.91 Å². The monoisotopic (exact) mass is 326 g/mol. The van der Waals surface area contributed by atoms with Crippen molar-refractivity contribution < 1.29 is 22.7 Å². The van der Waals surface area contributed by atoms with Crippen LogP contribution in [0.15, 0.2) is 30.3 Å². The maximum Gasteiger partial charge on any atom is 0.405 e. The largest absolute Gasteiger partial charge is 0.497 e. The molecule has 0 aliphatic carbocycles.